The molecule has 0 aliphatic heterocycles. The standard InChI is InChI=1S/C15H30N2O/c1-3-14(13-7-5-4-6-8-13)17-15(18)10-9-12(2)11-16/h12-14H,3-11,16H2,1-2H3,(H,17,18). The Kier molecular flexibility index (Phi) is 7.33. The van der Waals surface area contributed by atoms with E-state index >= 15 is 0 Å². The van der Waals surface area contributed by atoms with E-state index in [2.05, 4.69) is 19.2 Å². The van der Waals surface area contributed by atoms with Crippen molar-refractivity contribution in [2.75, 3.05) is 6.54 Å². The molecule has 0 heterocycles. The van der Waals surface area contributed by atoms with Gasteiger partial charge in [-0.3, -0.25) is 4.79 Å². The molecule has 0 bridgehead atoms. The van der Waals surface area contributed by atoms with Crippen LogP contribution < -0.4 is 11.1 Å². The second kappa shape index (κ2) is 8.52. The highest BCUT2D eigenvalue weighted by Gasteiger charge is 2.23. The molecule has 1 aliphatic rings. The van der Waals surface area contributed by atoms with Crippen LogP contribution in [0.3, 0.4) is 0 Å². The molecule has 0 aromatic rings. The molecule has 0 saturated heterocycles. The fraction of sp³-hybridized carbons (Fsp3) is 0.933. The number of rotatable bonds is 7. The molecule has 18 heavy (non-hydrogen) atoms. The van der Waals surface area contributed by atoms with Gasteiger partial charge in [-0.05, 0) is 44.1 Å². The van der Waals surface area contributed by atoms with Gasteiger partial charge in [-0.15, -0.1) is 0 Å². The van der Waals surface area contributed by atoms with Gasteiger partial charge < -0.3 is 11.1 Å². The fourth-order valence-electron chi connectivity index (χ4n) is 2.86. The molecule has 0 aromatic heterocycles. The summed E-state index contributed by atoms with van der Waals surface area (Å²) in [6.07, 6.45) is 9.21. The number of carbonyl (C=O) groups is 1. The van der Waals surface area contributed by atoms with Crippen molar-refractivity contribution in [2.24, 2.45) is 17.6 Å². The summed E-state index contributed by atoms with van der Waals surface area (Å²) in [5.74, 6) is 1.37. The van der Waals surface area contributed by atoms with Crippen LogP contribution in [0.4, 0.5) is 0 Å². The molecule has 1 rings (SSSR count). The van der Waals surface area contributed by atoms with Crippen molar-refractivity contribution in [3.05, 3.63) is 0 Å². The number of nitrogens with two attached hydrogens (primary N) is 1. The average Bonchev–Trinajstić information content (AvgIpc) is 2.43. The van der Waals surface area contributed by atoms with Gasteiger partial charge in [0.15, 0.2) is 0 Å². The van der Waals surface area contributed by atoms with E-state index in [1.54, 1.807) is 0 Å². The fourth-order valence-corrected chi connectivity index (χ4v) is 2.86. The second-order valence-electron chi connectivity index (χ2n) is 5.86. The predicted molar refractivity (Wildman–Crippen MR) is 76.2 cm³/mol. The van der Waals surface area contributed by atoms with Gasteiger partial charge in [-0.1, -0.05) is 33.1 Å². The van der Waals surface area contributed by atoms with Crippen LogP contribution >= 0.6 is 0 Å². The Labute approximate surface area is 112 Å². The molecule has 3 nitrogen and oxygen atoms in total. The van der Waals surface area contributed by atoms with Crippen LogP contribution in [-0.4, -0.2) is 18.5 Å². The monoisotopic (exact) mass is 254 g/mol. The van der Waals surface area contributed by atoms with Gasteiger partial charge in [0.1, 0.15) is 0 Å². The zero-order chi connectivity index (χ0) is 13.4. The largest absolute Gasteiger partial charge is 0.353 e. The van der Waals surface area contributed by atoms with E-state index in [0.717, 1.165) is 12.8 Å². The van der Waals surface area contributed by atoms with E-state index in [0.29, 0.717) is 30.8 Å². The lowest BCUT2D eigenvalue weighted by Crippen LogP contribution is -2.40. The molecule has 1 aliphatic carbocycles. The third-order valence-electron chi connectivity index (χ3n) is 4.27. The molecule has 3 N–H and O–H groups in total. The van der Waals surface area contributed by atoms with Crippen LogP contribution in [0, 0.1) is 11.8 Å². The van der Waals surface area contributed by atoms with Gasteiger partial charge in [0.25, 0.3) is 0 Å². The first-order valence-corrected chi connectivity index (χ1v) is 7.66. The van der Waals surface area contributed by atoms with E-state index in [-0.39, 0.29) is 5.91 Å². The maximum Gasteiger partial charge on any atom is 0.220 e. The van der Waals surface area contributed by atoms with Crippen LogP contribution in [0.1, 0.15) is 65.2 Å². The van der Waals surface area contributed by atoms with Gasteiger partial charge in [0.2, 0.25) is 5.91 Å². The number of amides is 1. The second-order valence-corrected chi connectivity index (χ2v) is 5.86. The first kappa shape index (κ1) is 15.5. The summed E-state index contributed by atoms with van der Waals surface area (Å²) in [6.45, 7) is 4.96. The maximum absolute atomic E-state index is 11.9. The average molecular weight is 254 g/mol. The van der Waals surface area contributed by atoms with E-state index in [4.69, 9.17) is 5.73 Å². The normalized spacial score (nSPS) is 20.4. The van der Waals surface area contributed by atoms with Crippen LogP contribution in [0.5, 0.6) is 0 Å². The van der Waals surface area contributed by atoms with E-state index in [1.807, 2.05) is 0 Å². The number of hydrogen-bond donors (Lipinski definition) is 2. The SMILES string of the molecule is CCC(NC(=O)CCC(C)CN)C1CCCCC1. The Balaban J connectivity index is 2.30. The summed E-state index contributed by atoms with van der Waals surface area (Å²) < 4.78 is 0. The minimum absolute atomic E-state index is 0.215. The molecule has 1 fully saturated rings. The Morgan fingerprint density at radius 2 is 2.00 bits per heavy atom. The molecule has 2 unspecified atom stereocenters. The highest BCUT2D eigenvalue weighted by molar-refractivity contribution is 5.76. The Hall–Kier alpha value is -0.570. The molecule has 2 atom stereocenters. The summed E-state index contributed by atoms with van der Waals surface area (Å²) in [7, 11) is 0. The summed E-state index contributed by atoms with van der Waals surface area (Å²) in [5, 5.41) is 3.24. The first-order valence-electron chi connectivity index (χ1n) is 7.66. The van der Waals surface area contributed by atoms with E-state index < -0.39 is 0 Å². The predicted octanol–water partition coefficient (Wildman–Crippen LogP) is 2.84. The summed E-state index contributed by atoms with van der Waals surface area (Å²) >= 11 is 0. The van der Waals surface area contributed by atoms with Gasteiger partial charge in [-0.25, -0.2) is 0 Å². The van der Waals surface area contributed by atoms with Crippen LogP contribution in [-0.2, 0) is 4.79 Å². The maximum atomic E-state index is 11.9. The first-order chi connectivity index (χ1) is 8.67. The van der Waals surface area contributed by atoms with Crippen molar-refractivity contribution in [1.29, 1.82) is 0 Å². The quantitative estimate of drug-likeness (QED) is 0.734. The molecule has 0 radical (unpaired) electrons. The van der Waals surface area contributed by atoms with Crippen molar-refractivity contribution in [3.63, 3.8) is 0 Å². The van der Waals surface area contributed by atoms with Crippen molar-refractivity contribution < 1.29 is 4.79 Å². The Morgan fingerprint density at radius 1 is 1.33 bits per heavy atom. The van der Waals surface area contributed by atoms with E-state index in [9.17, 15) is 4.79 Å². The highest BCUT2D eigenvalue weighted by Crippen LogP contribution is 2.27. The van der Waals surface area contributed by atoms with Gasteiger partial charge in [0.05, 0.1) is 0 Å². The van der Waals surface area contributed by atoms with Gasteiger partial charge >= 0.3 is 0 Å². The van der Waals surface area contributed by atoms with Crippen molar-refractivity contribution in [2.45, 2.75) is 71.3 Å². The zero-order valence-corrected chi connectivity index (χ0v) is 12.1. The summed E-state index contributed by atoms with van der Waals surface area (Å²) in [4.78, 5) is 11.9. The van der Waals surface area contributed by atoms with Crippen molar-refractivity contribution in [3.8, 4) is 0 Å². The molecular weight excluding hydrogens is 224 g/mol. The zero-order valence-electron chi connectivity index (χ0n) is 12.1. The Bertz CT molecular complexity index is 237. The Morgan fingerprint density at radius 3 is 2.56 bits per heavy atom. The number of carbonyl (C=O) groups excluding carboxylic acids is 1. The molecule has 1 amide bonds. The minimum atomic E-state index is 0.215. The van der Waals surface area contributed by atoms with Crippen LogP contribution in [0.15, 0.2) is 0 Å². The highest BCUT2D eigenvalue weighted by atomic mass is 16.1. The number of nitrogens with one attached hydrogen (secondary N) is 1. The van der Waals surface area contributed by atoms with Gasteiger partial charge in [-0.2, -0.15) is 0 Å². The van der Waals surface area contributed by atoms with Crippen molar-refractivity contribution in [1.82, 2.24) is 5.32 Å². The summed E-state index contributed by atoms with van der Waals surface area (Å²) in [5.41, 5.74) is 5.57. The third-order valence-corrected chi connectivity index (χ3v) is 4.27. The molecule has 0 spiro atoms. The molecular formula is C15H30N2O. The lowest BCUT2D eigenvalue weighted by atomic mass is 9.83. The smallest absolute Gasteiger partial charge is 0.220 e. The lowest BCUT2D eigenvalue weighted by molar-refractivity contribution is -0.122. The minimum Gasteiger partial charge on any atom is -0.353 e. The number of hydrogen-bond acceptors (Lipinski definition) is 2. The van der Waals surface area contributed by atoms with Crippen LogP contribution in [0.25, 0.3) is 0 Å². The third kappa shape index (κ3) is 5.38. The lowest BCUT2D eigenvalue weighted by Gasteiger charge is -2.30. The molecule has 0 aromatic carbocycles. The van der Waals surface area contributed by atoms with Gasteiger partial charge in [0, 0.05) is 12.5 Å². The molecule has 106 valence electrons. The molecule has 3 heteroatoms. The van der Waals surface area contributed by atoms with E-state index in [1.165, 1.54) is 32.1 Å². The molecule has 1 saturated carbocycles. The van der Waals surface area contributed by atoms with Crippen LogP contribution in [0.2, 0.25) is 0 Å². The van der Waals surface area contributed by atoms with Crippen molar-refractivity contribution >= 4 is 5.91 Å². The summed E-state index contributed by atoms with van der Waals surface area (Å²) in [6, 6.07) is 0.394. The topological polar surface area (TPSA) is 55.1 Å².